The van der Waals surface area contributed by atoms with E-state index >= 15 is 0 Å². The summed E-state index contributed by atoms with van der Waals surface area (Å²) < 4.78 is 31.2. The lowest BCUT2D eigenvalue weighted by molar-refractivity contribution is -0.137. The summed E-state index contributed by atoms with van der Waals surface area (Å²) in [6.07, 6.45) is 2.95. The lowest BCUT2D eigenvalue weighted by Gasteiger charge is -2.15. The maximum atomic E-state index is 11.4. The molecule has 0 aliphatic heterocycles. The first-order chi connectivity index (χ1) is 11.7. The highest BCUT2D eigenvalue weighted by atomic mass is 16.7. The molecule has 0 aromatic heterocycles. The van der Waals surface area contributed by atoms with E-state index in [4.69, 9.17) is 28.4 Å². The molecule has 0 bridgehead atoms. The number of carbonyl (C=O) groups is 1. The summed E-state index contributed by atoms with van der Waals surface area (Å²) >= 11 is 0. The van der Waals surface area contributed by atoms with Gasteiger partial charge in [0.15, 0.2) is 18.3 Å². The topological polar surface area (TPSA) is 72.5 Å². The Labute approximate surface area is 142 Å². The predicted molar refractivity (Wildman–Crippen MR) is 88.5 cm³/mol. The number of rotatable bonds is 11. The van der Waals surface area contributed by atoms with Gasteiger partial charge in [-0.2, -0.15) is 0 Å². The van der Waals surface area contributed by atoms with Gasteiger partial charge in [-0.05, 0) is 30.7 Å². The molecular weight excluding hydrogens is 316 g/mol. The molecule has 0 saturated carbocycles. The van der Waals surface area contributed by atoms with Gasteiger partial charge in [0.25, 0.3) is 0 Å². The van der Waals surface area contributed by atoms with Gasteiger partial charge in [-0.15, -0.1) is 0 Å². The van der Waals surface area contributed by atoms with Gasteiger partial charge in [-0.25, -0.2) is 4.79 Å². The van der Waals surface area contributed by atoms with Crippen LogP contribution in [0, 0.1) is 0 Å². The van der Waals surface area contributed by atoms with Crippen molar-refractivity contribution in [1.82, 2.24) is 0 Å². The molecule has 0 heterocycles. The van der Waals surface area contributed by atoms with E-state index in [1.54, 1.807) is 32.2 Å². The molecule has 0 aliphatic carbocycles. The van der Waals surface area contributed by atoms with Gasteiger partial charge < -0.3 is 28.4 Å². The standard InChI is InChI=1S/C17H24O7/c1-5-23-16(18)7-6-13-10-14(20-3)17(15(11-13)21-4)24-12-22-9-8-19-2/h6-7,10-11H,5,8-9,12H2,1-4H3/b7-6+. The highest BCUT2D eigenvalue weighted by molar-refractivity contribution is 5.87. The van der Waals surface area contributed by atoms with Crippen LogP contribution in [-0.4, -0.2) is 53.9 Å². The van der Waals surface area contributed by atoms with Crippen LogP contribution < -0.4 is 14.2 Å². The molecule has 0 N–H and O–H groups in total. The molecule has 134 valence electrons. The molecule has 0 unspecified atom stereocenters. The fourth-order valence-electron chi connectivity index (χ4n) is 1.80. The van der Waals surface area contributed by atoms with Gasteiger partial charge >= 0.3 is 5.97 Å². The van der Waals surface area contributed by atoms with E-state index in [0.29, 0.717) is 42.6 Å². The lowest BCUT2D eigenvalue weighted by Crippen LogP contribution is -2.09. The zero-order valence-electron chi connectivity index (χ0n) is 14.5. The fourth-order valence-corrected chi connectivity index (χ4v) is 1.80. The van der Waals surface area contributed by atoms with E-state index in [0.717, 1.165) is 0 Å². The van der Waals surface area contributed by atoms with E-state index in [-0.39, 0.29) is 6.79 Å². The summed E-state index contributed by atoms with van der Waals surface area (Å²) in [7, 11) is 4.64. The van der Waals surface area contributed by atoms with E-state index in [1.165, 1.54) is 20.3 Å². The van der Waals surface area contributed by atoms with Crippen LogP contribution in [0.4, 0.5) is 0 Å². The minimum Gasteiger partial charge on any atom is -0.493 e. The maximum Gasteiger partial charge on any atom is 0.330 e. The summed E-state index contributed by atoms with van der Waals surface area (Å²) in [5.74, 6) is 0.939. The number of benzene rings is 1. The molecule has 0 aliphatic rings. The minimum atomic E-state index is -0.415. The van der Waals surface area contributed by atoms with Crippen molar-refractivity contribution in [3.8, 4) is 17.2 Å². The van der Waals surface area contributed by atoms with Crippen molar-refractivity contribution in [3.05, 3.63) is 23.8 Å². The van der Waals surface area contributed by atoms with Gasteiger partial charge in [0, 0.05) is 13.2 Å². The van der Waals surface area contributed by atoms with Crippen LogP contribution in [0.5, 0.6) is 17.2 Å². The second-order valence-electron chi connectivity index (χ2n) is 4.50. The van der Waals surface area contributed by atoms with Crippen LogP contribution in [0.15, 0.2) is 18.2 Å². The average Bonchev–Trinajstić information content (AvgIpc) is 2.60. The number of ether oxygens (including phenoxy) is 6. The number of hydrogen-bond donors (Lipinski definition) is 0. The van der Waals surface area contributed by atoms with Crippen LogP contribution in [0.2, 0.25) is 0 Å². The molecule has 7 nitrogen and oxygen atoms in total. The van der Waals surface area contributed by atoms with Crippen molar-refractivity contribution < 1.29 is 33.2 Å². The minimum absolute atomic E-state index is 0.0358. The first kappa shape index (κ1) is 19.8. The molecule has 0 amide bonds. The zero-order chi connectivity index (χ0) is 17.8. The lowest BCUT2D eigenvalue weighted by atomic mass is 10.1. The molecule has 1 rings (SSSR count). The van der Waals surface area contributed by atoms with Crippen molar-refractivity contribution in [2.24, 2.45) is 0 Å². The van der Waals surface area contributed by atoms with Gasteiger partial charge in [0.1, 0.15) is 0 Å². The van der Waals surface area contributed by atoms with Gasteiger partial charge in [0.2, 0.25) is 5.75 Å². The van der Waals surface area contributed by atoms with Crippen molar-refractivity contribution >= 4 is 12.0 Å². The second-order valence-corrected chi connectivity index (χ2v) is 4.50. The highest BCUT2D eigenvalue weighted by Crippen LogP contribution is 2.38. The molecule has 0 radical (unpaired) electrons. The molecule has 0 spiro atoms. The third-order valence-electron chi connectivity index (χ3n) is 2.90. The Kier molecular flexibility index (Phi) is 9.33. The van der Waals surface area contributed by atoms with Crippen LogP contribution in [0.1, 0.15) is 12.5 Å². The van der Waals surface area contributed by atoms with Crippen molar-refractivity contribution in [2.75, 3.05) is 47.9 Å². The molecule has 0 saturated heterocycles. The first-order valence-corrected chi connectivity index (χ1v) is 7.46. The quantitative estimate of drug-likeness (QED) is 0.265. The Morgan fingerprint density at radius 3 is 2.29 bits per heavy atom. The SMILES string of the molecule is CCOC(=O)/C=C/c1cc(OC)c(OCOCCOC)c(OC)c1. The molecular formula is C17H24O7. The van der Waals surface area contributed by atoms with Crippen LogP contribution >= 0.6 is 0 Å². The molecule has 0 fully saturated rings. The Hall–Kier alpha value is -2.25. The smallest absolute Gasteiger partial charge is 0.330 e. The average molecular weight is 340 g/mol. The zero-order valence-corrected chi connectivity index (χ0v) is 14.5. The van der Waals surface area contributed by atoms with Gasteiger partial charge in [-0.3, -0.25) is 0 Å². The number of carbonyl (C=O) groups excluding carboxylic acids is 1. The molecule has 0 atom stereocenters. The summed E-state index contributed by atoms with van der Waals surface area (Å²) in [4.78, 5) is 11.4. The Balaban J connectivity index is 2.86. The number of hydrogen-bond acceptors (Lipinski definition) is 7. The summed E-state index contributed by atoms with van der Waals surface area (Å²) in [6.45, 7) is 3.01. The van der Waals surface area contributed by atoms with E-state index in [9.17, 15) is 4.79 Å². The monoisotopic (exact) mass is 340 g/mol. The van der Waals surface area contributed by atoms with E-state index < -0.39 is 5.97 Å². The van der Waals surface area contributed by atoms with Crippen LogP contribution in [0.3, 0.4) is 0 Å². The third kappa shape index (κ3) is 6.47. The normalized spacial score (nSPS) is 10.7. The fraction of sp³-hybridized carbons (Fsp3) is 0.471. The van der Waals surface area contributed by atoms with Crippen molar-refractivity contribution in [2.45, 2.75) is 6.92 Å². The third-order valence-corrected chi connectivity index (χ3v) is 2.90. The van der Waals surface area contributed by atoms with E-state index in [1.807, 2.05) is 0 Å². The number of esters is 1. The van der Waals surface area contributed by atoms with Crippen LogP contribution in [-0.2, 0) is 19.0 Å². The Morgan fingerprint density at radius 2 is 1.75 bits per heavy atom. The Morgan fingerprint density at radius 1 is 1.08 bits per heavy atom. The van der Waals surface area contributed by atoms with Crippen LogP contribution in [0.25, 0.3) is 6.08 Å². The largest absolute Gasteiger partial charge is 0.493 e. The summed E-state index contributed by atoms with van der Waals surface area (Å²) in [6, 6.07) is 3.45. The van der Waals surface area contributed by atoms with Crippen molar-refractivity contribution in [3.63, 3.8) is 0 Å². The molecule has 24 heavy (non-hydrogen) atoms. The van der Waals surface area contributed by atoms with E-state index in [2.05, 4.69) is 0 Å². The summed E-state index contributed by atoms with van der Waals surface area (Å²) in [5, 5.41) is 0. The van der Waals surface area contributed by atoms with Gasteiger partial charge in [-0.1, -0.05) is 0 Å². The van der Waals surface area contributed by atoms with Gasteiger partial charge in [0.05, 0.1) is 34.0 Å². The maximum absolute atomic E-state index is 11.4. The Bertz CT molecular complexity index is 515. The predicted octanol–water partition coefficient (Wildman–Crippen LogP) is 2.28. The highest BCUT2D eigenvalue weighted by Gasteiger charge is 2.13. The molecule has 7 heteroatoms. The first-order valence-electron chi connectivity index (χ1n) is 7.46. The number of methoxy groups -OCH3 is 3. The molecule has 1 aromatic rings. The van der Waals surface area contributed by atoms with Crippen molar-refractivity contribution in [1.29, 1.82) is 0 Å². The molecule has 1 aromatic carbocycles. The summed E-state index contributed by atoms with van der Waals surface area (Å²) in [5.41, 5.74) is 0.712. The second kappa shape index (κ2) is 11.3.